The summed E-state index contributed by atoms with van der Waals surface area (Å²) in [7, 11) is 0. The second-order valence-electron chi connectivity index (χ2n) is 8.10. The number of carbonyl (C=O) groups is 2. The molecule has 2 heterocycles. The summed E-state index contributed by atoms with van der Waals surface area (Å²) in [5.41, 5.74) is 9.83. The molecule has 0 aliphatic carbocycles. The molecule has 32 heavy (non-hydrogen) atoms. The lowest BCUT2D eigenvalue weighted by molar-refractivity contribution is -0.115. The zero-order valence-corrected chi connectivity index (χ0v) is 17.9. The van der Waals surface area contributed by atoms with Gasteiger partial charge in [0.25, 0.3) is 0 Å². The van der Waals surface area contributed by atoms with Crippen LogP contribution in [0.2, 0.25) is 0 Å². The second kappa shape index (κ2) is 7.89. The fourth-order valence-corrected chi connectivity index (χ4v) is 4.12. The molecule has 0 radical (unpaired) electrons. The summed E-state index contributed by atoms with van der Waals surface area (Å²) in [6, 6.07) is 20.0. The summed E-state index contributed by atoms with van der Waals surface area (Å²) >= 11 is 0. The minimum absolute atomic E-state index is 0.0916. The standard InChI is InChI=1S/C26H22N4O2/c1-15(31)27-21-9-7-19-11-23(29-25(19)13-21)17-3-5-18(6-4-17)24-12-20-8-10-22(28-16(2)32)14-26(20)30-24/h3-10,13-14H,11-12H2,1-2H3,(H,27,31)(H,28,32). The molecule has 0 spiro atoms. The van der Waals surface area contributed by atoms with Crippen LogP contribution < -0.4 is 10.6 Å². The average Bonchev–Trinajstić information content (AvgIpc) is 3.36. The number of amides is 2. The van der Waals surface area contributed by atoms with Gasteiger partial charge in [-0.25, -0.2) is 0 Å². The van der Waals surface area contributed by atoms with Crippen molar-refractivity contribution < 1.29 is 9.59 Å². The fraction of sp³-hybridized carbons (Fsp3) is 0.154. The predicted octanol–water partition coefficient (Wildman–Crippen LogP) is 4.96. The van der Waals surface area contributed by atoms with Crippen molar-refractivity contribution in [2.75, 3.05) is 10.6 Å². The number of carbonyl (C=O) groups excluding carboxylic acids is 2. The van der Waals surface area contributed by atoms with Crippen LogP contribution in [-0.2, 0) is 22.4 Å². The summed E-state index contributed by atoms with van der Waals surface area (Å²) in [6.45, 7) is 3.00. The molecule has 3 aromatic carbocycles. The van der Waals surface area contributed by atoms with E-state index in [1.807, 2.05) is 36.4 Å². The van der Waals surface area contributed by atoms with Gasteiger partial charge in [-0.3, -0.25) is 19.6 Å². The molecule has 2 aliphatic heterocycles. The van der Waals surface area contributed by atoms with Gasteiger partial charge in [0.05, 0.1) is 22.8 Å². The van der Waals surface area contributed by atoms with E-state index in [9.17, 15) is 9.59 Å². The first-order chi connectivity index (χ1) is 15.4. The summed E-state index contributed by atoms with van der Waals surface area (Å²) in [5, 5.41) is 5.61. The van der Waals surface area contributed by atoms with E-state index in [0.717, 1.165) is 69.3 Å². The van der Waals surface area contributed by atoms with E-state index in [1.54, 1.807) is 0 Å². The molecule has 0 fully saturated rings. The Bertz CT molecular complexity index is 1220. The van der Waals surface area contributed by atoms with Crippen LogP contribution in [0, 0.1) is 0 Å². The molecule has 2 aliphatic rings. The van der Waals surface area contributed by atoms with Gasteiger partial charge in [0.2, 0.25) is 11.8 Å². The summed E-state index contributed by atoms with van der Waals surface area (Å²) in [4.78, 5) is 32.2. The summed E-state index contributed by atoms with van der Waals surface area (Å²) < 4.78 is 0. The number of nitrogens with one attached hydrogen (secondary N) is 2. The Morgan fingerprint density at radius 1 is 0.656 bits per heavy atom. The highest BCUT2D eigenvalue weighted by Crippen LogP contribution is 2.33. The highest BCUT2D eigenvalue weighted by Gasteiger charge is 2.19. The molecule has 5 rings (SSSR count). The molecule has 158 valence electrons. The van der Waals surface area contributed by atoms with Crippen molar-refractivity contribution in [2.24, 2.45) is 9.98 Å². The van der Waals surface area contributed by atoms with Crippen molar-refractivity contribution in [1.82, 2.24) is 0 Å². The van der Waals surface area contributed by atoms with E-state index in [-0.39, 0.29) is 11.8 Å². The van der Waals surface area contributed by atoms with Gasteiger partial charge < -0.3 is 10.6 Å². The van der Waals surface area contributed by atoms with Crippen LogP contribution >= 0.6 is 0 Å². The highest BCUT2D eigenvalue weighted by atomic mass is 16.2. The normalized spacial score (nSPS) is 13.7. The molecular weight excluding hydrogens is 400 g/mol. The Morgan fingerprint density at radius 3 is 1.44 bits per heavy atom. The number of benzene rings is 3. The van der Waals surface area contributed by atoms with E-state index < -0.39 is 0 Å². The molecule has 2 amide bonds. The van der Waals surface area contributed by atoms with Crippen molar-refractivity contribution in [3.63, 3.8) is 0 Å². The summed E-state index contributed by atoms with van der Waals surface area (Å²) in [6.07, 6.45) is 1.54. The lowest BCUT2D eigenvalue weighted by Crippen LogP contribution is -2.05. The third-order valence-electron chi connectivity index (χ3n) is 5.59. The van der Waals surface area contributed by atoms with Gasteiger partial charge in [0.15, 0.2) is 0 Å². The van der Waals surface area contributed by atoms with Crippen LogP contribution in [0.5, 0.6) is 0 Å². The van der Waals surface area contributed by atoms with E-state index >= 15 is 0 Å². The number of anilines is 2. The molecule has 6 nitrogen and oxygen atoms in total. The number of fused-ring (bicyclic) bond motifs is 2. The Labute approximate surface area is 186 Å². The molecular formula is C26H22N4O2. The van der Waals surface area contributed by atoms with Crippen molar-refractivity contribution in [1.29, 1.82) is 0 Å². The largest absolute Gasteiger partial charge is 0.326 e. The maximum Gasteiger partial charge on any atom is 0.221 e. The van der Waals surface area contributed by atoms with Crippen molar-refractivity contribution in [3.8, 4) is 0 Å². The molecule has 0 atom stereocenters. The maximum atomic E-state index is 11.3. The highest BCUT2D eigenvalue weighted by molar-refractivity contribution is 6.09. The molecule has 2 N–H and O–H groups in total. The second-order valence-corrected chi connectivity index (χ2v) is 8.10. The Morgan fingerprint density at radius 2 is 1.06 bits per heavy atom. The van der Waals surface area contributed by atoms with Crippen LogP contribution in [0.3, 0.4) is 0 Å². The van der Waals surface area contributed by atoms with Gasteiger partial charge in [-0.1, -0.05) is 36.4 Å². The number of rotatable bonds is 4. The summed E-state index contributed by atoms with van der Waals surface area (Å²) in [5.74, 6) is -0.183. The van der Waals surface area contributed by atoms with Crippen LogP contribution in [0.25, 0.3) is 0 Å². The predicted molar refractivity (Wildman–Crippen MR) is 128 cm³/mol. The first kappa shape index (κ1) is 19.9. The first-order valence-corrected chi connectivity index (χ1v) is 10.5. The minimum Gasteiger partial charge on any atom is -0.326 e. The van der Waals surface area contributed by atoms with Crippen molar-refractivity contribution in [3.05, 3.63) is 82.9 Å². The fourth-order valence-electron chi connectivity index (χ4n) is 4.12. The van der Waals surface area contributed by atoms with Gasteiger partial charge in [-0.15, -0.1) is 0 Å². The maximum absolute atomic E-state index is 11.3. The van der Waals surface area contributed by atoms with Crippen molar-refractivity contribution in [2.45, 2.75) is 26.7 Å². The van der Waals surface area contributed by atoms with Gasteiger partial charge in [0.1, 0.15) is 0 Å². The van der Waals surface area contributed by atoms with Crippen LogP contribution in [-0.4, -0.2) is 23.2 Å². The van der Waals surface area contributed by atoms with Gasteiger partial charge in [-0.05, 0) is 46.5 Å². The Balaban J connectivity index is 1.34. The smallest absolute Gasteiger partial charge is 0.221 e. The number of hydrogen-bond acceptors (Lipinski definition) is 4. The molecule has 0 saturated carbocycles. The van der Waals surface area contributed by atoms with Crippen LogP contribution in [0.15, 0.2) is 70.6 Å². The van der Waals surface area contributed by atoms with E-state index in [0.29, 0.717) is 0 Å². The SMILES string of the molecule is CC(=O)Nc1ccc2c(c1)N=C(c1ccc(C3=Nc4cc(NC(C)=O)ccc4C3)cc1)C2. The minimum atomic E-state index is -0.0916. The van der Waals surface area contributed by atoms with Crippen LogP contribution in [0.1, 0.15) is 36.1 Å². The topological polar surface area (TPSA) is 82.9 Å². The molecule has 6 heteroatoms. The van der Waals surface area contributed by atoms with Gasteiger partial charge in [-0.2, -0.15) is 0 Å². The van der Waals surface area contributed by atoms with Gasteiger partial charge in [0, 0.05) is 38.1 Å². The van der Waals surface area contributed by atoms with Crippen molar-refractivity contribution >= 4 is 46.0 Å². The van der Waals surface area contributed by atoms with Gasteiger partial charge >= 0.3 is 0 Å². The molecule has 0 aromatic heterocycles. The zero-order valence-electron chi connectivity index (χ0n) is 17.9. The lowest BCUT2D eigenvalue weighted by Gasteiger charge is -2.04. The average molecular weight is 422 g/mol. The third-order valence-corrected chi connectivity index (χ3v) is 5.59. The molecule has 0 saturated heterocycles. The Kier molecular flexibility index (Phi) is 4.90. The molecule has 0 unspecified atom stereocenters. The number of hydrogen-bond donors (Lipinski definition) is 2. The molecule has 3 aromatic rings. The lowest BCUT2D eigenvalue weighted by atomic mass is 9.99. The number of nitrogens with zero attached hydrogens (tertiary/aromatic N) is 2. The van der Waals surface area contributed by atoms with E-state index in [1.165, 1.54) is 13.8 Å². The van der Waals surface area contributed by atoms with E-state index in [2.05, 4.69) is 34.9 Å². The monoisotopic (exact) mass is 422 g/mol. The first-order valence-electron chi connectivity index (χ1n) is 10.5. The van der Waals surface area contributed by atoms with E-state index in [4.69, 9.17) is 9.98 Å². The zero-order chi connectivity index (χ0) is 22.2. The van der Waals surface area contributed by atoms with Crippen LogP contribution in [0.4, 0.5) is 22.7 Å². The molecule has 0 bridgehead atoms. The Hall–Kier alpha value is -4.06. The quantitative estimate of drug-likeness (QED) is 0.623. The third kappa shape index (κ3) is 3.95. The number of aliphatic imine (C=N–C) groups is 2.